The fourth-order valence-corrected chi connectivity index (χ4v) is 5.63. The summed E-state index contributed by atoms with van der Waals surface area (Å²) in [4.78, 5) is 2.15. The molecule has 4 nitrogen and oxygen atoms in total. The van der Waals surface area contributed by atoms with Crippen LogP contribution in [0.4, 0.5) is 0 Å². The van der Waals surface area contributed by atoms with Crippen molar-refractivity contribution >= 4 is 27.5 Å². The smallest absolute Gasteiger partial charge is 0.216 e. The van der Waals surface area contributed by atoms with Crippen LogP contribution in [-0.4, -0.2) is 44.7 Å². The maximum Gasteiger partial charge on any atom is 0.216 e. The maximum atomic E-state index is 11.7. The van der Waals surface area contributed by atoms with E-state index in [9.17, 15) is 8.76 Å². The molecule has 2 rings (SSSR count). The van der Waals surface area contributed by atoms with E-state index in [1.54, 1.807) is 0 Å². The Labute approximate surface area is 122 Å². The van der Waals surface area contributed by atoms with Gasteiger partial charge in [-0.25, -0.2) is 0 Å². The topological polar surface area (TPSA) is 52.6 Å². The van der Waals surface area contributed by atoms with Gasteiger partial charge in [0, 0.05) is 19.5 Å². The molecule has 0 radical (unpaired) electrons. The highest BCUT2D eigenvalue weighted by atomic mass is 32.3. The van der Waals surface area contributed by atoms with E-state index in [4.69, 9.17) is 12.2 Å². The second-order valence-corrected chi connectivity index (χ2v) is 8.89. The molecule has 1 aliphatic carbocycles. The summed E-state index contributed by atoms with van der Waals surface area (Å²) in [6.07, 6.45) is 6.99. The summed E-state index contributed by atoms with van der Waals surface area (Å²) in [6.45, 7) is 2.00. The van der Waals surface area contributed by atoms with Gasteiger partial charge in [0.25, 0.3) is 0 Å². The van der Waals surface area contributed by atoms with E-state index in [-0.39, 0.29) is 5.54 Å². The Hall–Kier alpha value is -0.200. The third kappa shape index (κ3) is 3.89. The summed E-state index contributed by atoms with van der Waals surface area (Å²) in [5.41, 5.74) is -0.328. The maximum absolute atomic E-state index is 11.7. The molecule has 1 unspecified atom stereocenters. The lowest BCUT2D eigenvalue weighted by Crippen LogP contribution is -2.54. The lowest BCUT2D eigenvalue weighted by molar-refractivity contribution is 0.269. The molecule has 0 spiro atoms. The predicted octanol–water partition coefficient (Wildman–Crippen LogP) is 2.26. The minimum absolute atomic E-state index is 0.304. The van der Waals surface area contributed by atoms with Gasteiger partial charge in [0.15, 0.2) is 10.9 Å². The number of hydrogen-bond acceptors (Lipinski definition) is 2. The van der Waals surface area contributed by atoms with Crippen molar-refractivity contribution in [2.24, 2.45) is 0 Å². The molecule has 19 heavy (non-hydrogen) atoms. The van der Waals surface area contributed by atoms with Crippen LogP contribution in [0.3, 0.4) is 0 Å². The molecular weight excluding hydrogens is 280 g/mol. The molecule has 110 valence electrons. The van der Waals surface area contributed by atoms with E-state index < -0.39 is 10.2 Å². The lowest BCUT2D eigenvalue weighted by atomic mass is 9.94. The van der Waals surface area contributed by atoms with E-state index in [0.29, 0.717) is 24.0 Å². The van der Waals surface area contributed by atoms with E-state index in [0.717, 1.165) is 5.11 Å². The quantitative estimate of drug-likeness (QED) is 0.605. The van der Waals surface area contributed by atoms with Crippen molar-refractivity contribution in [1.29, 1.82) is 0 Å². The molecular formula is C13H25N2O2S2+. The fourth-order valence-electron chi connectivity index (χ4n) is 3.11. The summed E-state index contributed by atoms with van der Waals surface area (Å²) < 4.78 is 21.4. The third-order valence-electron chi connectivity index (χ3n) is 4.37. The Bertz CT molecular complexity index is 396. The van der Waals surface area contributed by atoms with Crippen molar-refractivity contribution < 1.29 is 8.76 Å². The Morgan fingerprint density at radius 1 is 1.42 bits per heavy atom. The van der Waals surface area contributed by atoms with Gasteiger partial charge in [-0.15, -0.1) is 0 Å². The van der Waals surface area contributed by atoms with Gasteiger partial charge in [0.05, 0.1) is 5.54 Å². The minimum atomic E-state index is -2.64. The SMILES string of the molecule is CN(C(=S)N[C@]1(C)CC[S+](=O)(O)C1)C1CCCCC1. The summed E-state index contributed by atoms with van der Waals surface area (Å²) in [6, 6.07) is 0.525. The van der Waals surface area contributed by atoms with Gasteiger partial charge in [0.2, 0.25) is 10.2 Å². The first-order chi connectivity index (χ1) is 8.81. The van der Waals surface area contributed by atoms with Gasteiger partial charge in [-0.1, -0.05) is 23.5 Å². The molecule has 1 saturated heterocycles. The summed E-state index contributed by atoms with van der Waals surface area (Å²) in [5.74, 6) is 0.685. The minimum Gasteiger partial charge on any atom is -0.352 e. The monoisotopic (exact) mass is 305 g/mol. The van der Waals surface area contributed by atoms with Crippen molar-refractivity contribution in [3.63, 3.8) is 0 Å². The van der Waals surface area contributed by atoms with Gasteiger partial charge < -0.3 is 10.2 Å². The molecule has 2 fully saturated rings. The van der Waals surface area contributed by atoms with Crippen LogP contribution in [0, 0.1) is 0 Å². The van der Waals surface area contributed by atoms with E-state index in [1.807, 2.05) is 14.0 Å². The van der Waals surface area contributed by atoms with Crippen LogP contribution in [0.2, 0.25) is 0 Å². The van der Waals surface area contributed by atoms with Crippen LogP contribution in [0.1, 0.15) is 45.4 Å². The Morgan fingerprint density at radius 2 is 2.05 bits per heavy atom. The summed E-state index contributed by atoms with van der Waals surface area (Å²) in [5, 5.41) is 4.05. The number of nitrogens with zero attached hydrogens (tertiary/aromatic N) is 1. The number of thiocarbonyl (C=S) groups is 1. The molecule has 1 aliphatic heterocycles. The number of hydrogen-bond donors (Lipinski definition) is 2. The van der Waals surface area contributed by atoms with E-state index in [2.05, 4.69) is 10.2 Å². The summed E-state index contributed by atoms with van der Waals surface area (Å²) >= 11 is 5.48. The normalized spacial score (nSPS) is 36.2. The Morgan fingerprint density at radius 3 is 2.58 bits per heavy atom. The van der Waals surface area contributed by atoms with Gasteiger partial charge in [0.1, 0.15) is 5.75 Å². The molecule has 0 amide bonds. The highest BCUT2D eigenvalue weighted by Crippen LogP contribution is 2.27. The lowest BCUT2D eigenvalue weighted by Gasteiger charge is -2.36. The van der Waals surface area contributed by atoms with Gasteiger partial charge in [-0.05, 0) is 32.0 Å². The van der Waals surface area contributed by atoms with Crippen molar-refractivity contribution in [2.75, 3.05) is 18.6 Å². The predicted molar refractivity (Wildman–Crippen MR) is 83.8 cm³/mol. The van der Waals surface area contributed by atoms with Crippen LogP contribution in [-0.2, 0) is 14.4 Å². The standard InChI is InChI=1S/C13H24N2O2S2/c1-13(8-9-19(16,17)10-13)14-12(18)15(2)11-6-4-3-5-7-11/h11H,3-10H2,1-2H3,(H-,14,16,17,18)/p+1/t13-/m1/s1. The van der Waals surface area contributed by atoms with Gasteiger partial charge >= 0.3 is 0 Å². The zero-order chi connectivity index (χ0) is 14.1. The first-order valence-electron chi connectivity index (χ1n) is 7.08. The molecule has 2 aliphatic rings. The second kappa shape index (κ2) is 5.66. The molecule has 0 bridgehead atoms. The zero-order valence-electron chi connectivity index (χ0n) is 11.9. The number of nitrogens with one attached hydrogen (secondary N) is 1. The second-order valence-electron chi connectivity index (χ2n) is 6.26. The first-order valence-corrected chi connectivity index (χ1v) is 9.34. The molecule has 0 aromatic carbocycles. The van der Waals surface area contributed by atoms with Crippen LogP contribution in [0.15, 0.2) is 0 Å². The van der Waals surface area contributed by atoms with Gasteiger partial charge in [-0.3, -0.25) is 0 Å². The van der Waals surface area contributed by atoms with Crippen molar-refractivity contribution in [3.05, 3.63) is 0 Å². The largest absolute Gasteiger partial charge is 0.352 e. The molecule has 2 atom stereocenters. The Balaban J connectivity index is 1.91. The average molecular weight is 305 g/mol. The molecule has 2 N–H and O–H groups in total. The van der Waals surface area contributed by atoms with E-state index >= 15 is 0 Å². The molecule has 1 heterocycles. The highest BCUT2D eigenvalue weighted by molar-refractivity contribution is 7.98. The van der Waals surface area contributed by atoms with Crippen LogP contribution in [0.25, 0.3) is 0 Å². The zero-order valence-corrected chi connectivity index (χ0v) is 13.5. The molecule has 0 aromatic heterocycles. The molecule has 0 aromatic rings. The fraction of sp³-hybridized carbons (Fsp3) is 0.923. The van der Waals surface area contributed by atoms with Crippen LogP contribution < -0.4 is 5.32 Å². The molecule has 1 saturated carbocycles. The number of rotatable bonds is 2. The van der Waals surface area contributed by atoms with Gasteiger partial charge in [-0.2, -0.15) is 4.55 Å². The molecule has 6 heteroatoms. The first kappa shape index (κ1) is 15.2. The van der Waals surface area contributed by atoms with Crippen molar-refractivity contribution in [2.45, 2.75) is 57.0 Å². The summed E-state index contributed by atoms with van der Waals surface area (Å²) in [7, 11) is -0.599. The highest BCUT2D eigenvalue weighted by Gasteiger charge is 2.47. The van der Waals surface area contributed by atoms with Crippen molar-refractivity contribution in [3.8, 4) is 0 Å². The van der Waals surface area contributed by atoms with Crippen LogP contribution >= 0.6 is 12.2 Å². The average Bonchev–Trinajstić information content (AvgIpc) is 2.63. The third-order valence-corrected chi connectivity index (χ3v) is 6.69. The Kier molecular flexibility index (Phi) is 4.52. The van der Waals surface area contributed by atoms with E-state index in [1.165, 1.54) is 32.1 Å². The van der Waals surface area contributed by atoms with Crippen molar-refractivity contribution in [1.82, 2.24) is 10.2 Å². The van der Waals surface area contributed by atoms with Crippen LogP contribution in [0.5, 0.6) is 0 Å².